The lowest BCUT2D eigenvalue weighted by molar-refractivity contribution is -0.121. The van der Waals surface area contributed by atoms with Crippen LogP contribution in [0.3, 0.4) is 0 Å². The minimum atomic E-state index is -0.197. The lowest BCUT2D eigenvalue weighted by atomic mass is 10.1. The zero-order chi connectivity index (χ0) is 18.3. The summed E-state index contributed by atoms with van der Waals surface area (Å²) in [6.45, 7) is 3.63. The quantitative estimate of drug-likeness (QED) is 0.852. The van der Waals surface area contributed by atoms with Gasteiger partial charge in [-0.25, -0.2) is 0 Å². The fraction of sp³-hybridized carbons (Fsp3) is 0.300. The summed E-state index contributed by atoms with van der Waals surface area (Å²) in [5.74, 6) is 0.930. The van der Waals surface area contributed by atoms with Crippen LogP contribution < -0.4 is 19.3 Å². The lowest BCUT2D eigenvalue weighted by Crippen LogP contribution is -2.44. The van der Waals surface area contributed by atoms with Gasteiger partial charge >= 0.3 is 0 Å². The van der Waals surface area contributed by atoms with Crippen LogP contribution in [0.1, 0.15) is 19.4 Å². The van der Waals surface area contributed by atoms with Gasteiger partial charge in [-0.15, -0.1) is 0 Å². The number of ether oxygens (including phenoxy) is 2. The number of carbonyl (C=O) groups is 2. The van der Waals surface area contributed by atoms with Gasteiger partial charge in [0.25, 0.3) is 0 Å². The molecule has 0 saturated heterocycles. The number of rotatable bonds is 3. The Kier molecular flexibility index (Phi) is 4.03. The van der Waals surface area contributed by atoms with Crippen molar-refractivity contribution >= 4 is 23.2 Å². The first-order chi connectivity index (χ1) is 12.5. The zero-order valence-corrected chi connectivity index (χ0v) is 14.8. The van der Waals surface area contributed by atoms with E-state index < -0.39 is 0 Å². The molecule has 0 aromatic heterocycles. The van der Waals surface area contributed by atoms with Crippen molar-refractivity contribution in [2.45, 2.75) is 26.3 Å². The van der Waals surface area contributed by atoms with Crippen molar-refractivity contribution in [1.82, 2.24) is 0 Å². The number of nitrogens with zero attached hydrogens (tertiary/aromatic N) is 2. The number of hydrogen-bond donors (Lipinski definition) is 0. The summed E-state index contributed by atoms with van der Waals surface area (Å²) < 4.78 is 10.7. The minimum absolute atomic E-state index is 0.0202. The summed E-state index contributed by atoms with van der Waals surface area (Å²) in [6.07, 6.45) is 0.825. The van der Waals surface area contributed by atoms with Crippen LogP contribution in [0.5, 0.6) is 11.5 Å². The second-order valence-electron chi connectivity index (χ2n) is 6.59. The summed E-state index contributed by atoms with van der Waals surface area (Å²) in [5.41, 5.74) is 2.71. The summed E-state index contributed by atoms with van der Waals surface area (Å²) >= 11 is 0. The highest BCUT2D eigenvalue weighted by Crippen LogP contribution is 2.36. The Labute approximate surface area is 151 Å². The van der Waals surface area contributed by atoms with E-state index in [2.05, 4.69) is 0 Å². The second kappa shape index (κ2) is 6.37. The monoisotopic (exact) mass is 352 g/mol. The lowest BCUT2D eigenvalue weighted by Gasteiger charge is -2.27. The van der Waals surface area contributed by atoms with E-state index in [9.17, 15) is 9.59 Å². The number of amides is 2. The van der Waals surface area contributed by atoms with E-state index in [1.165, 1.54) is 11.8 Å². The van der Waals surface area contributed by atoms with Gasteiger partial charge in [-0.2, -0.15) is 0 Å². The van der Waals surface area contributed by atoms with Crippen molar-refractivity contribution < 1.29 is 19.1 Å². The molecule has 0 saturated carbocycles. The largest absolute Gasteiger partial charge is 0.454 e. The normalized spacial score (nSPS) is 17.2. The van der Waals surface area contributed by atoms with Gasteiger partial charge in [-0.05, 0) is 37.1 Å². The molecule has 2 aromatic carbocycles. The summed E-state index contributed by atoms with van der Waals surface area (Å²) in [6, 6.07) is 13.2. The fourth-order valence-electron chi connectivity index (χ4n) is 3.59. The van der Waals surface area contributed by atoms with Crippen LogP contribution in [-0.2, 0) is 16.0 Å². The predicted octanol–water partition coefficient (Wildman–Crippen LogP) is 2.75. The van der Waals surface area contributed by atoms with Gasteiger partial charge in [0.1, 0.15) is 6.54 Å². The third-order valence-electron chi connectivity index (χ3n) is 4.82. The number of anilines is 2. The molecule has 1 unspecified atom stereocenters. The van der Waals surface area contributed by atoms with Crippen LogP contribution >= 0.6 is 0 Å². The SMILES string of the molecule is CC(=O)N(CC(=O)N1c2ccccc2CC1C)c1ccc2c(c1)OCO2. The van der Waals surface area contributed by atoms with Gasteiger partial charge in [-0.3, -0.25) is 9.59 Å². The Morgan fingerprint density at radius 3 is 2.73 bits per heavy atom. The number of fused-ring (bicyclic) bond motifs is 2. The minimum Gasteiger partial charge on any atom is -0.454 e. The Hall–Kier alpha value is -3.02. The van der Waals surface area contributed by atoms with E-state index in [-0.39, 0.29) is 31.2 Å². The average Bonchev–Trinajstić information content (AvgIpc) is 3.21. The molecular formula is C20H20N2O4. The van der Waals surface area contributed by atoms with Crippen LogP contribution in [-0.4, -0.2) is 31.2 Å². The third-order valence-corrected chi connectivity index (χ3v) is 4.82. The highest BCUT2D eigenvalue weighted by molar-refractivity contribution is 6.04. The van der Waals surface area contributed by atoms with Crippen molar-refractivity contribution in [1.29, 1.82) is 0 Å². The maximum absolute atomic E-state index is 13.0. The topological polar surface area (TPSA) is 59.1 Å². The first-order valence-corrected chi connectivity index (χ1v) is 8.62. The smallest absolute Gasteiger partial charge is 0.247 e. The van der Waals surface area contributed by atoms with E-state index in [0.29, 0.717) is 17.2 Å². The van der Waals surface area contributed by atoms with Gasteiger partial charge in [0.15, 0.2) is 11.5 Å². The molecule has 0 spiro atoms. The molecule has 2 aromatic rings. The Bertz CT molecular complexity index is 880. The Morgan fingerprint density at radius 1 is 1.15 bits per heavy atom. The van der Waals surface area contributed by atoms with E-state index in [0.717, 1.165) is 17.7 Å². The van der Waals surface area contributed by atoms with Crippen LogP contribution in [0.4, 0.5) is 11.4 Å². The first-order valence-electron chi connectivity index (χ1n) is 8.62. The molecule has 0 aliphatic carbocycles. The molecular weight excluding hydrogens is 332 g/mol. The molecule has 0 fully saturated rings. The number of carbonyl (C=O) groups excluding carboxylic acids is 2. The third kappa shape index (κ3) is 2.77. The Balaban J connectivity index is 1.59. The van der Waals surface area contributed by atoms with Crippen LogP contribution in [0, 0.1) is 0 Å². The summed E-state index contributed by atoms with van der Waals surface area (Å²) in [4.78, 5) is 28.5. The molecule has 0 N–H and O–H groups in total. The maximum atomic E-state index is 13.0. The molecule has 0 bridgehead atoms. The molecule has 2 heterocycles. The van der Waals surface area contributed by atoms with Gasteiger partial charge < -0.3 is 19.3 Å². The van der Waals surface area contributed by atoms with Crippen molar-refractivity contribution in [2.75, 3.05) is 23.1 Å². The molecule has 6 nitrogen and oxygen atoms in total. The van der Waals surface area contributed by atoms with E-state index in [1.807, 2.05) is 31.2 Å². The molecule has 2 aliphatic rings. The number of benzene rings is 2. The molecule has 2 aliphatic heterocycles. The van der Waals surface area contributed by atoms with E-state index >= 15 is 0 Å². The molecule has 0 radical (unpaired) electrons. The molecule has 2 amide bonds. The molecule has 1 atom stereocenters. The van der Waals surface area contributed by atoms with Gasteiger partial charge in [0, 0.05) is 30.4 Å². The first kappa shape index (κ1) is 16.4. The van der Waals surface area contributed by atoms with Crippen molar-refractivity contribution in [3.63, 3.8) is 0 Å². The van der Waals surface area contributed by atoms with Gasteiger partial charge in [0.2, 0.25) is 18.6 Å². The standard InChI is InChI=1S/C20H20N2O4/c1-13-9-15-5-3-4-6-17(15)22(13)20(24)11-21(14(2)23)16-7-8-18-19(10-16)26-12-25-18/h3-8,10,13H,9,11-12H2,1-2H3. The molecule has 26 heavy (non-hydrogen) atoms. The van der Waals surface area contributed by atoms with E-state index in [4.69, 9.17) is 9.47 Å². The maximum Gasteiger partial charge on any atom is 0.247 e. The summed E-state index contributed by atoms with van der Waals surface area (Å²) in [7, 11) is 0. The zero-order valence-electron chi connectivity index (χ0n) is 14.8. The molecule has 134 valence electrons. The van der Waals surface area contributed by atoms with Gasteiger partial charge in [0.05, 0.1) is 0 Å². The molecule has 4 rings (SSSR count). The number of para-hydroxylation sites is 1. The highest BCUT2D eigenvalue weighted by Gasteiger charge is 2.32. The van der Waals surface area contributed by atoms with Crippen molar-refractivity contribution in [3.8, 4) is 11.5 Å². The van der Waals surface area contributed by atoms with Gasteiger partial charge in [-0.1, -0.05) is 18.2 Å². The Morgan fingerprint density at radius 2 is 1.92 bits per heavy atom. The average molecular weight is 352 g/mol. The number of hydrogen-bond acceptors (Lipinski definition) is 4. The summed E-state index contributed by atoms with van der Waals surface area (Å²) in [5, 5.41) is 0. The van der Waals surface area contributed by atoms with Crippen LogP contribution in [0.25, 0.3) is 0 Å². The van der Waals surface area contributed by atoms with Crippen LogP contribution in [0.2, 0.25) is 0 Å². The highest BCUT2D eigenvalue weighted by atomic mass is 16.7. The van der Waals surface area contributed by atoms with E-state index in [1.54, 1.807) is 23.1 Å². The predicted molar refractivity (Wildman–Crippen MR) is 97.7 cm³/mol. The fourth-order valence-corrected chi connectivity index (χ4v) is 3.59. The van der Waals surface area contributed by atoms with Crippen LogP contribution in [0.15, 0.2) is 42.5 Å². The van der Waals surface area contributed by atoms with Crippen molar-refractivity contribution in [2.24, 2.45) is 0 Å². The molecule has 6 heteroatoms. The van der Waals surface area contributed by atoms with Crippen molar-refractivity contribution in [3.05, 3.63) is 48.0 Å². The second-order valence-corrected chi connectivity index (χ2v) is 6.59.